The van der Waals surface area contributed by atoms with Crippen molar-refractivity contribution in [3.63, 3.8) is 0 Å². The van der Waals surface area contributed by atoms with Crippen LogP contribution in [0.15, 0.2) is 109 Å². The van der Waals surface area contributed by atoms with Gasteiger partial charge in [0.05, 0.1) is 31.9 Å². The number of aliphatic hydroxyl groups excluding tert-OH is 3. The van der Waals surface area contributed by atoms with Gasteiger partial charge in [-0.3, -0.25) is 9.69 Å². The highest BCUT2D eigenvalue weighted by Crippen LogP contribution is 2.32. The zero-order valence-corrected chi connectivity index (χ0v) is 24.5. The fraction of sp³-hybridized carbons (Fsp3) is 0.278. The molecule has 0 radical (unpaired) electrons. The molecule has 0 saturated carbocycles. The molecule has 228 valence electrons. The van der Waals surface area contributed by atoms with Crippen LogP contribution in [0.25, 0.3) is 0 Å². The van der Waals surface area contributed by atoms with Gasteiger partial charge in [-0.2, -0.15) is 0 Å². The predicted octanol–water partition coefficient (Wildman–Crippen LogP) is 3.97. The van der Waals surface area contributed by atoms with Crippen molar-refractivity contribution in [1.82, 2.24) is 9.80 Å². The van der Waals surface area contributed by atoms with E-state index in [0.29, 0.717) is 23.1 Å². The zero-order chi connectivity index (χ0) is 31.1. The first-order valence-electron chi connectivity index (χ1n) is 14.8. The van der Waals surface area contributed by atoms with Gasteiger partial charge in [-0.1, -0.05) is 109 Å². The molecular formula is C36H38N2O6. The molecule has 0 aromatic heterocycles. The fourth-order valence-electron chi connectivity index (χ4n) is 5.80. The molecule has 3 atom stereocenters. The van der Waals surface area contributed by atoms with Crippen molar-refractivity contribution in [2.24, 2.45) is 0 Å². The third-order valence-corrected chi connectivity index (χ3v) is 8.24. The van der Waals surface area contributed by atoms with E-state index in [-0.39, 0.29) is 39.1 Å². The molecule has 1 fully saturated rings. The average molecular weight is 595 g/mol. The molecule has 0 spiro atoms. The average Bonchev–Trinajstić information content (AvgIpc) is 3.05. The molecule has 4 N–H and O–H groups in total. The quantitative estimate of drug-likeness (QED) is 0.221. The van der Waals surface area contributed by atoms with Crippen molar-refractivity contribution in [3.8, 4) is 0 Å². The number of rotatable bonds is 10. The summed E-state index contributed by atoms with van der Waals surface area (Å²) in [6.07, 6.45) is -1.26. The molecule has 1 aliphatic rings. The van der Waals surface area contributed by atoms with Crippen LogP contribution < -0.4 is 0 Å². The summed E-state index contributed by atoms with van der Waals surface area (Å²) >= 11 is 0. The van der Waals surface area contributed by atoms with Gasteiger partial charge in [0.25, 0.3) is 5.91 Å². The van der Waals surface area contributed by atoms with E-state index < -0.39 is 29.7 Å². The summed E-state index contributed by atoms with van der Waals surface area (Å²) in [6.45, 7) is -0.256. The number of imide groups is 1. The molecule has 0 bridgehead atoms. The molecule has 1 heterocycles. The first kappa shape index (κ1) is 31.1. The van der Waals surface area contributed by atoms with Crippen LogP contribution in [0.2, 0.25) is 0 Å². The number of carbonyl (C=O) groups is 2. The van der Waals surface area contributed by atoms with Crippen LogP contribution in [0, 0.1) is 0 Å². The lowest BCUT2D eigenvalue weighted by atomic mass is 9.83. The van der Waals surface area contributed by atoms with Gasteiger partial charge in [0.2, 0.25) is 0 Å². The highest BCUT2D eigenvalue weighted by molar-refractivity contribution is 5.99. The minimum Gasteiger partial charge on any atom is -0.392 e. The molecule has 5 rings (SSSR count). The highest BCUT2D eigenvalue weighted by Gasteiger charge is 2.49. The van der Waals surface area contributed by atoms with Gasteiger partial charge >= 0.3 is 6.03 Å². The second-order valence-electron chi connectivity index (χ2n) is 11.5. The number of urea groups is 1. The van der Waals surface area contributed by atoms with Gasteiger partial charge in [0.1, 0.15) is 5.60 Å². The number of carbonyl (C=O) groups excluding carboxylic acids is 2. The minimum atomic E-state index is -2.05. The molecule has 8 heteroatoms. The van der Waals surface area contributed by atoms with E-state index in [1.807, 2.05) is 60.7 Å². The van der Waals surface area contributed by atoms with E-state index in [2.05, 4.69) is 0 Å². The van der Waals surface area contributed by atoms with Crippen LogP contribution in [0.1, 0.15) is 39.8 Å². The Morgan fingerprint density at radius 2 is 1.11 bits per heavy atom. The van der Waals surface area contributed by atoms with Gasteiger partial charge in [-0.25, -0.2) is 4.79 Å². The molecule has 1 aliphatic heterocycles. The highest BCUT2D eigenvalue weighted by atomic mass is 16.3. The van der Waals surface area contributed by atoms with Gasteiger partial charge in [-0.15, -0.1) is 0 Å². The lowest BCUT2D eigenvalue weighted by molar-refractivity contribution is -0.156. The van der Waals surface area contributed by atoms with Crippen LogP contribution in [-0.2, 0) is 43.9 Å². The van der Waals surface area contributed by atoms with Crippen molar-refractivity contribution < 1.29 is 30.0 Å². The first-order chi connectivity index (χ1) is 21.3. The lowest BCUT2D eigenvalue weighted by Gasteiger charge is -2.44. The molecule has 3 unspecified atom stereocenters. The number of hydrogen-bond donors (Lipinski definition) is 4. The van der Waals surface area contributed by atoms with Crippen LogP contribution in [0.3, 0.4) is 0 Å². The molecule has 0 aliphatic carbocycles. The van der Waals surface area contributed by atoms with Crippen molar-refractivity contribution >= 4 is 11.9 Å². The van der Waals surface area contributed by atoms with Crippen LogP contribution >= 0.6 is 0 Å². The first-order valence-corrected chi connectivity index (χ1v) is 14.8. The summed E-state index contributed by atoms with van der Waals surface area (Å²) in [5.41, 5.74) is 2.39. The Morgan fingerprint density at radius 3 is 1.64 bits per heavy atom. The van der Waals surface area contributed by atoms with E-state index in [9.17, 15) is 30.0 Å². The van der Waals surface area contributed by atoms with E-state index in [0.717, 1.165) is 21.6 Å². The maximum Gasteiger partial charge on any atom is 0.327 e. The summed E-state index contributed by atoms with van der Waals surface area (Å²) in [4.78, 5) is 31.5. The number of nitrogens with zero attached hydrogens (tertiary/aromatic N) is 2. The summed E-state index contributed by atoms with van der Waals surface area (Å²) < 4.78 is 0. The van der Waals surface area contributed by atoms with E-state index in [1.165, 1.54) is 4.90 Å². The smallest absolute Gasteiger partial charge is 0.327 e. The lowest BCUT2D eigenvalue weighted by Crippen LogP contribution is -2.63. The van der Waals surface area contributed by atoms with E-state index in [4.69, 9.17) is 0 Å². The summed E-state index contributed by atoms with van der Waals surface area (Å²) in [5.74, 6) is -0.782. The van der Waals surface area contributed by atoms with Crippen molar-refractivity contribution in [2.75, 3.05) is 0 Å². The summed E-state index contributed by atoms with van der Waals surface area (Å²) in [6, 6.07) is 31.3. The maximum absolute atomic E-state index is 14.6. The van der Waals surface area contributed by atoms with Crippen molar-refractivity contribution in [2.45, 2.75) is 63.3 Å². The predicted molar refractivity (Wildman–Crippen MR) is 166 cm³/mol. The van der Waals surface area contributed by atoms with Crippen LogP contribution in [0.5, 0.6) is 0 Å². The third-order valence-electron chi connectivity index (χ3n) is 8.24. The Kier molecular flexibility index (Phi) is 9.87. The maximum atomic E-state index is 14.6. The van der Waals surface area contributed by atoms with Crippen molar-refractivity contribution in [3.05, 3.63) is 143 Å². The van der Waals surface area contributed by atoms with Gasteiger partial charge < -0.3 is 25.3 Å². The minimum absolute atomic E-state index is 0.0718. The van der Waals surface area contributed by atoms with E-state index >= 15 is 0 Å². The molecule has 44 heavy (non-hydrogen) atoms. The standard InChI is InChI=1S/C36H38N2O6/c39-24-30-15-11-28(12-16-30)22-37-32(19-26-7-3-1-4-8-26)33(41)21-36(44,20-27-9-5-2-6-10-27)34(42)38(35(37)43)23-29-13-17-31(25-40)18-14-29/h1-18,32-33,39-41,44H,19-25H2. The Hall–Kier alpha value is -4.34. The largest absolute Gasteiger partial charge is 0.392 e. The number of amides is 3. The Bertz CT molecular complexity index is 1530. The molecule has 4 aromatic rings. The third kappa shape index (κ3) is 7.23. The van der Waals surface area contributed by atoms with Crippen molar-refractivity contribution in [1.29, 1.82) is 0 Å². The van der Waals surface area contributed by atoms with Crippen LogP contribution in [0.4, 0.5) is 4.79 Å². The number of benzene rings is 4. The Labute approximate surface area is 257 Å². The molecule has 3 amide bonds. The fourth-order valence-corrected chi connectivity index (χ4v) is 5.80. The topological polar surface area (TPSA) is 122 Å². The molecule has 1 saturated heterocycles. The normalized spacial score (nSPS) is 20.8. The zero-order valence-electron chi connectivity index (χ0n) is 24.5. The second kappa shape index (κ2) is 14.0. The number of hydrogen-bond acceptors (Lipinski definition) is 6. The van der Waals surface area contributed by atoms with Gasteiger partial charge in [0, 0.05) is 19.4 Å². The van der Waals surface area contributed by atoms with Gasteiger partial charge in [-0.05, 0) is 39.8 Å². The van der Waals surface area contributed by atoms with E-state index in [1.54, 1.807) is 48.5 Å². The molecular weight excluding hydrogens is 556 g/mol. The Balaban J connectivity index is 1.58. The molecule has 4 aromatic carbocycles. The summed E-state index contributed by atoms with van der Waals surface area (Å²) in [5, 5.41) is 42.8. The Morgan fingerprint density at radius 1 is 0.636 bits per heavy atom. The van der Waals surface area contributed by atoms with Gasteiger partial charge in [0.15, 0.2) is 0 Å². The molecule has 8 nitrogen and oxygen atoms in total. The SMILES string of the molecule is O=C1N(Cc2ccc(CO)cc2)C(=O)C(O)(Cc2ccccc2)CC(O)C(Cc2ccccc2)N1Cc1ccc(CO)cc1. The summed E-state index contributed by atoms with van der Waals surface area (Å²) in [7, 11) is 0. The second-order valence-corrected chi connectivity index (χ2v) is 11.5. The number of aliphatic hydroxyl groups is 4. The monoisotopic (exact) mass is 594 g/mol. The van der Waals surface area contributed by atoms with Crippen LogP contribution in [-0.4, -0.2) is 59.9 Å².